The number of hydrogen-bond donors (Lipinski definition) is 0. The van der Waals surface area contributed by atoms with Crippen molar-refractivity contribution in [1.29, 1.82) is 0 Å². The Hall–Kier alpha value is -0.0400. The van der Waals surface area contributed by atoms with Gasteiger partial charge < -0.3 is 4.74 Å². The standard InChI is InChI=1S/C11H22O/c1-3-4-5-6-7-11-9-8-10(2)12-11/h10-11H,3-9H2,1-2H3. The van der Waals surface area contributed by atoms with Crippen molar-refractivity contribution in [2.24, 2.45) is 0 Å². The van der Waals surface area contributed by atoms with Gasteiger partial charge in [0.2, 0.25) is 0 Å². The lowest BCUT2D eigenvalue weighted by atomic mass is 10.1. The molecular weight excluding hydrogens is 148 g/mol. The van der Waals surface area contributed by atoms with Crippen LogP contribution in [0.25, 0.3) is 0 Å². The van der Waals surface area contributed by atoms with Crippen LogP contribution in [-0.2, 0) is 4.74 Å². The zero-order chi connectivity index (χ0) is 8.81. The van der Waals surface area contributed by atoms with Gasteiger partial charge >= 0.3 is 0 Å². The van der Waals surface area contributed by atoms with Crippen molar-refractivity contribution >= 4 is 0 Å². The van der Waals surface area contributed by atoms with E-state index in [1.165, 1.54) is 44.9 Å². The summed E-state index contributed by atoms with van der Waals surface area (Å²) in [5.74, 6) is 0. The van der Waals surface area contributed by atoms with Gasteiger partial charge in [0, 0.05) is 0 Å². The van der Waals surface area contributed by atoms with Gasteiger partial charge in [-0.3, -0.25) is 0 Å². The molecule has 1 heterocycles. The highest BCUT2D eigenvalue weighted by atomic mass is 16.5. The first kappa shape index (κ1) is 10.0. The molecule has 12 heavy (non-hydrogen) atoms. The molecule has 0 aromatic carbocycles. The summed E-state index contributed by atoms with van der Waals surface area (Å²) >= 11 is 0. The van der Waals surface area contributed by atoms with E-state index < -0.39 is 0 Å². The highest BCUT2D eigenvalue weighted by Crippen LogP contribution is 2.23. The lowest BCUT2D eigenvalue weighted by Gasteiger charge is -2.09. The van der Waals surface area contributed by atoms with Gasteiger partial charge in [-0.2, -0.15) is 0 Å². The van der Waals surface area contributed by atoms with Crippen molar-refractivity contribution in [2.45, 2.75) is 71.0 Å². The molecule has 72 valence electrons. The Labute approximate surface area is 76.5 Å². The topological polar surface area (TPSA) is 9.23 Å². The van der Waals surface area contributed by atoms with Crippen LogP contribution in [0.1, 0.15) is 58.8 Å². The lowest BCUT2D eigenvalue weighted by molar-refractivity contribution is 0.0494. The predicted molar refractivity (Wildman–Crippen MR) is 52.3 cm³/mol. The molecule has 0 amide bonds. The Bertz CT molecular complexity index is 112. The van der Waals surface area contributed by atoms with E-state index >= 15 is 0 Å². The summed E-state index contributed by atoms with van der Waals surface area (Å²) in [5, 5.41) is 0. The summed E-state index contributed by atoms with van der Waals surface area (Å²) in [4.78, 5) is 0. The Morgan fingerprint density at radius 3 is 2.58 bits per heavy atom. The minimum absolute atomic E-state index is 0.529. The van der Waals surface area contributed by atoms with Crippen LogP contribution in [0.5, 0.6) is 0 Å². The number of hydrogen-bond acceptors (Lipinski definition) is 1. The predicted octanol–water partition coefficient (Wildman–Crippen LogP) is 3.52. The molecule has 1 saturated heterocycles. The van der Waals surface area contributed by atoms with E-state index in [0.717, 1.165) is 0 Å². The highest BCUT2D eigenvalue weighted by molar-refractivity contribution is 4.70. The first-order valence-electron chi connectivity index (χ1n) is 5.48. The average Bonchev–Trinajstić information content (AvgIpc) is 2.45. The average molecular weight is 170 g/mol. The van der Waals surface area contributed by atoms with Crippen LogP contribution in [0.2, 0.25) is 0 Å². The zero-order valence-electron chi connectivity index (χ0n) is 8.51. The molecule has 0 N–H and O–H groups in total. The maximum atomic E-state index is 5.74. The Morgan fingerprint density at radius 2 is 2.00 bits per heavy atom. The SMILES string of the molecule is CCCCCCC1CCC(C)O1. The molecule has 2 unspecified atom stereocenters. The second kappa shape index (κ2) is 5.58. The van der Waals surface area contributed by atoms with Crippen LogP contribution in [0.15, 0.2) is 0 Å². The Kier molecular flexibility index (Phi) is 4.67. The maximum absolute atomic E-state index is 5.74. The van der Waals surface area contributed by atoms with Crippen LogP contribution in [0, 0.1) is 0 Å². The van der Waals surface area contributed by atoms with Crippen molar-refractivity contribution in [3.8, 4) is 0 Å². The minimum atomic E-state index is 0.529. The normalized spacial score (nSPS) is 29.5. The van der Waals surface area contributed by atoms with E-state index in [1.807, 2.05) is 0 Å². The molecule has 0 saturated carbocycles. The molecule has 0 aromatic heterocycles. The summed E-state index contributed by atoms with van der Waals surface area (Å²) in [7, 11) is 0. The smallest absolute Gasteiger partial charge is 0.0579 e. The minimum Gasteiger partial charge on any atom is -0.375 e. The third kappa shape index (κ3) is 3.57. The molecule has 1 fully saturated rings. The largest absolute Gasteiger partial charge is 0.375 e. The first-order chi connectivity index (χ1) is 5.83. The molecule has 1 heteroatoms. The molecule has 1 aliphatic rings. The molecule has 0 aromatic rings. The van der Waals surface area contributed by atoms with Crippen LogP contribution >= 0.6 is 0 Å². The molecule has 2 atom stereocenters. The van der Waals surface area contributed by atoms with Crippen LogP contribution in [-0.4, -0.2) is 12.2 Å². The van der Waals surface area contributed by atoms with E-state index in [9.17, 15) is 0 Å². The zero-order valence-corrected chi connectivity index (χ0v) is 8.51. The second-order valence-electron chi connectivity index (χ2n) is 4.00. The van der Waals surface area contributed by atoms with E-state index in [4.69, 9.17) is 4.74 Å². The number of ether oxygens (including phenoxy) is 1. The maximum Gasteiger partial charge on any atom is 0.0579 e. The lowest BCUT2D eigenvalue weighted by Crippen LogP contribution is -2.07. The van der Waals surface area contributed by atoms with Gasteiger partial charge in [0.25, 0.3) is 0 Å². The van der Waals surface area contributed by atoms with Gasteiger partial charge in [0.1, 0.15) is 0 Å². The Balaban J connectivity index is 1.93. The molecule has 1 rings (SSSR count). The molecule has 1 nitrogen and oxygen atoms in total. The third-order valence-corrected chi connectivity index (χ3v) is 2.70. The molecule has 0 aliphatic carbocycles. The van der Waals surface area contributed by atoms with E-state index in [-0.39, 0.29) is 0 Å². The van der Waals surface area contributed by atoms with Crippen molar-refractivity contribution in [3.63, 3.8) is 0 Å². The second-order valence-corrected chi connectivity index (χ2v) is 4.00. The fourth-order valence-corrected chi connectivity index (χ4v) is 1.90. The van der Waals surface area contributed by atoms with Gasteiger partial charge in [-0.05, 0) is 26.2 Å². The fraction of sp³-hybridized carbons (Fsp3) is 1.00. The van der Waals surface area contributed by atoms with Crippen molar-refractivity contribution in [1.82, 2.24) is 0 Å². The van der Waals surface area contributed by atoms with Crippen LogP contribution < -0.4 is 0 Å². The van der Waals surface area contributed by atoms with E-state index in [1.54, 1.807) is 0 Å². The molecular formula is C11H22O. The summed E-state index contributed by atoms with van der Waals surface area (Å²) in [5.41, 5.74) is 0. The summed E-state index contributed by atoms with van der Waals surface area (Å²) in [6, 6.07) is 0. The molecule has 0 radical (unpaired) electrons. The quantitative estimate of drug-likeness (QED) is 0.574. The summed E-state index contributed by atoms with van der Waals surface area (Å²) in [6.07, 6.45) is 10.5. The number of unbranched alkanes of at least 4 members (excludes halogenated alkanes) is 3. The monoisotopic (exact) mass is 170 g/mol. The summed E-state index contributed by atoms with van der Waals surface area (Å²) in [6.45, 7) is 4.44. The fourth-order valence-electron chi connectivity index (χ4n) is 1.90. The van der Waals surface area contributed by atoms with Crippen LogP contribution in [0.3, 0.4) is 0 Å². The van der Waals surface area contributed by atoms with Gasteiger partial charge in [-0.15, -0.1) is 0 Å². The highest BCUT2D eigenvalue weighted by Gasteiger charge is 2.20. The summed E-state index contributed by atoms with van der Waals surface area (Å²) < 4.78 is 5.74. The van der Waals surface area contributed by atoms with Crippen molar-refractivity contribution < 1.29 is 4.74 Å². The molecule has 0 bridgehead atoms. The van der Waals surface area contributed by atoms with E-state index in [2.05, 4.69) is 13.8 Å². The van der Waals surface area contributed by atoms with Crippen molar-refractivity contribution in [2.75, 3.05) is 0 Å². The third-order valence-electron chi connectivity index (χ3n) is 2.70. The van der Waals surface area contributed by atoms with Gasteiger partial charge in [0.05, 0.1) is 12.2 Å². The Morgan fingerprint density at radius 1 is 1.17 bits per heavy atom. The van der Waals surface area contributed by atoms with Gasteiger partial charge in [-0.1, -0.05) is 32.6 Å². The van der Waals surface area contributed by atoms with E-state index in [0.29, 0.717) is 12.2 Å². The first-order valence-corrected chi connectivity index (χ1v) is 5.48. The molecule has 1 aliphatic heterocycles. The van der Waals surface area contributed by atoms with Crippen molar-refractivity contribution in [3.05, 3.63) is 0 Å². The molecule has 0 spiro atoms. The van der Waals surface area contributed by atoms with Crippen LogP contribution in [0.4, 0.5) is 0 Å². The van der Waals surface area contributed by atoms with Gasteiger partial charge in [0.15, 0.2) is 0 Å². The number of rotatable bonds is 5. The van der Waals surface area contributed by atoms with Gasteiger partial charge in [-0.25, -0.2) is 0 Å².